The highest BCUT2D eigenvalue weighted by atomic mass is 16.5. The third-order valence-corrected chi connectivity index (χ3v) is 5.34. The van der Waals surface area contributed by atoms with Crippen LogP contribution >= 0.6 is 0 Å². The van der Waals surface area contributed by atoms with Crippen LogP contribution in [0.2, 0.25) is 0 Å². The molecule has 2 aromatic heterocycles. The van der Waals surface area contributed by atoms with E-state index in [1.165, 1.54) is 0 Å². The first-order chi connectivity index (χ1) is 12.9. The van der Waals surface area contributed by atoms with Crippen LogP contribution in [0, 0.1) is 5.92 Å². The Bertz CT molecular complexity index is 1060. The molecule has 0 fully saturated rings. The van der Waals surface area contributed by atoms with Gasteiger partial charge in [-0.1, -0.05) is 13.8 Å². The molecule has 142 valence electrons. The van der Waals surface area contributed by atoms with E-state index in [4.69, 9.17) is 9.47 Å². The Kier molecular flexibility index (Phi) is 4.13. The summed E-state index contributed by atoms with van der Waals surface area (Å²) in [4.78, 5) is 17.7. The normalized spacial score (nSPS) is 16.5. The second-order valence-electron chi connectivity index (χ2n) is 7.53. The lowest BCUT2D eigenvalue weighted by Crippen LogP contribution is -2.40. The maximum absolute atomic E-state index is 12.4. The van der Waals surface area contributed by atoms with Crippen LogP contribution in [0.4, 0.5) is 5.69 Å². The fourth-order valence-corrected chi connectivity index (χ4v) is 3.70. The summed E-state index contributed by atoms with van der Waals surface area (Å²) in [6.45, 7) is 5.16. The van der Waals surface area contributed by atoms with Crippen LogP contribution < -0.4 is 19.9 Å². The number of aromatic nitrogens is 2. The van der Waals surface area contributed by atoms with Gasteiger partial charge >= 0.3 is 0 Å². The molecule has 1 N–H and O–H groups in total. The van der Waals surface area contributed by atoms with E-state index in [2.05, 4.69) is 30.8 Å². The number of benzene rings is 1. The van der Waals surface area contributed by atoms with Gasteiger partial charge in [-0.3, -0.25) is 4.79 Å². The molecule has 1 unspecified atom stereocenters. The zero-order valence-corrected chi connectivity index (χ0v) is 16.4. The molecule has 0 spiro atoms. The number of ether oxygens (including phenoxy) is 2. The molecule has 0 saturated heterocycles. The van der Waals surface area contributed by atoms with Gasteiger partial charge in [0.25, 0.3) is 5.56 Å². The molecule has 27 heavy (non-hydrogen) atoms. The number of nitrogens with zero attached hydrogens (tertiary/aromatic N) is 2. The van der Waals surface area contributed by atoms with Gasteiger partial charge in [0.15, 0.2) is 5.75 Å². The zero-order chi connectivity index (χ0) is 19.3. The summed E-state index contributed by atoms with van der Waals surface area (Å²) in [5.74, 6) is 1.99. The van der Waals surface area contributed by atoms with E-state index in [1.807, 2.05) is 24.4 Å². The number of aromatic amines is 1. The number of H-pyrrole nitrogens is 1. The number of hydrogen-bond acceptors (Lipinski definition) is 4. The van der Waals surface area contributed by atoms with Crippen molar-refractivity contribution in [3.05, 3.63) is 40.9 Å². The predicted octanol–water partition coefficient (Wildman–Crippen LogP) is 3.40. The highest BCUT2D eigenvalue weighted by Crippen LogP contribution is 2.46. The van der Waals surface area contributed by atoms with E-state index in [9.17, 15) is 4.79 Å². The van der Waals surface area contributed by atoms with E-state index < -0.39 is 0 Å². The minimum Gasteiger partial charge on any atom is -0.497 e. The number of methoxy groups -OCH3 is 1. The number of hydrogen-bond donors (Lipinski definition) is 1. The lowest BCUT2D eigenvalue weighted by Gasteiger charge is -2.37. The second-order valence-corrected chi connectivity index (χ2v) is 7.53. The highest BCUT2D eigenvalue weighted by molar-refractivity contribution is 5.97. The van der Waals surface area contributed by atoms with Crippen molar-refractivity contribution >= 4 is 16.6 Å². The van der Waals surface area contributed by atoms with Crippen molar-refractivity contribution in [2.24, 2.45) is 13.0 Å². The van der Waals surface area contributed by atoms with Crippen molar-refractivity contribution in [1.82, 2.24) is 9.55 Å². The van der Waals surface area contributed by atoms with Gasteiger partial charge in [-0.15, -0.1) is 0 Å². The fourth-order valence-electron chi connectivity index (χ4n) is 3.70. The molecule has 0 bridgehead atoms. The van der Waals surface area contributed by atoms with Crippen LogP contribution in [-0.4, -0.2) is 36.4 Å². The summed E-state index contributed by atoms with van der Waals surface area (Å²) < 4.78 is 13.6. The van der Waals surface area contributed by atoms with Crippen LogP contribution in [0.5, 0.6) is 11.5 Å². The quantitative estimate of drug-likeness (QED) is 0.771. The van der Waals surface area contributed by atoms with Gasteiger partial charge in [0.05, 0.1) is 19.3 Å². The number of aryl methyl sites for hydroxylation is 1. The number of rotatable bonds is 3. The van der Waals surface area contributed by atoms with E-state index in [0.717, 1.165) is 40.2 Å². The number of likely N-dealkylation sites (N-methyl/N-ethyl adjacent to an activating group) is 1. The third-order valence-electron chi connectivity index (χ3n) is 5.34. The van der Waals surface area contributed by atoms with Gasteiger partial charge in [-0.25, -0.2) is 0 Å². The molecule has 6 nitrogen and oxygen atoms in total. The minimum atomic E-state index is -0.0476. The van der Waals surface area contributed by atoms with Gasteiger partial charge < -0.3 is 23.9 Å². The average molecular weight is 367 g/mol. The Hall–Kier alpha value is -2.89. The predicted molar refractivity (Wildman–Crippen MR) is 108 cm³/mol. The molecule has 0 amide bonds. The van der Waals surface area contributed by atoms with E-state index in [1.54, 1.807) is 24.9 Å². The summed E-state index contributed by atoms with van der Waals surface area (Å²) in [5, 5.41) is 0.881. The Morgan fingerprint density at radius 3 is 2.74 bits per heavy atom. The van der Waals surface area contributed by atoms with Crippen LogP contribution in [0.1, 0.15) is 13.8 Å². The second kappa shape index (κ2) is 6.37. The minimum absolute atomic E-state index is 0.0476. The molecule has 0 saturated carbocycles. The third kappa shape index (κ3) is 2.76. The lowest BCUT2D eigenvalue weighted by atomic mass is 9.98. The largest absolute Gasteiger partial charge is 0.497 e. The smallest absolute Gasteiger partial charge is 0.274 e. The van der Waals surface area contributed by atoms with Gasteiger partial charge in [0.1, 0.15) is 17.4 Å². The molecule has 3 heterocycles. The molecular formula is C21H25N3O3. The van der Waals surface area contributed by atoms with Crippen molar-refractivity contribution in [3.8, 4) is 22.6 Å². The van der Waals surface area contributed by atoms with Gasteiger partial charge in [0, 0.05) is 49.1 Å². The number of fused-ring (bicyclic) bond motifs is 2. The van der Waals surface area contributed by atoms with E-state index in [-0.39, 0.29) is 11.7 Å². The summed E-state index contributed by atoms with van der Waals surface area (Å²) in [6.07, 6.45) is 3.77. The van der Waals surface area contributed by atoms with Crippen molar-refractivity contribution in [1.29, 1.82) is 0 Å². The average Bonchev–Trinajstić information content (AvgIpc) is 3.14. The lowest BCUT2D eigenvalue weighted by molar-refractivity contribution is 0.148. The molecule has 0 aliphatic carbocycles. The number of nitrogens with one attached hydrogen (secondary N) is 1. The topological polar surface area (TPSA) is 59.5 Å². The number of anilines is 1. The monoisotopic (exact) mass is 367 g/mol. The van der Waals surface area contributed by atoms with Gasteiger partial charge in [-0.2, -0.15) is 0 Å². The maximum Gasteiger partial charge on any atom is 0.274 e. The molecule has 1 aliphatic heterocycles. The molecule has 1 atom stereocenters. The highest BCUT2D eigenvalue weighted by Gasteiger charge is 2.30. The molecule has 0 radical (unpaired) electrons. The Balaban J connectivity index is 2.02. The summed E-state index contributed by atoms with van der Waals surface area (Å²) in [7, 11) is 5.51. The first kappa shape index (κ1) is 17.5. The van der Waals surface area contributed by atoms with Crippen LogP contribution in [-0.2, 0) is 7.05 Å². The summed E-state index contributed by atoms with van der Waals surface area (Å²) >= 11 is 0. The zero-order valence-electron chi connectivity index (χ0n) is 16.4. The Morgan fingerprint density at radius 2 is 2.04 bits per heavy atom. The molecule has 1 aromatic carbocycles. The fraction of sp³-hybridized carbons (Fsp3) is 0.381. The number of pyridine rings is 1. The van der Waals surface area contributed by atoms with Crippen molar-refractivity contribution in [2.45, 2.75) is 20.0 Å². The van der Waals surface area contributed by atoms with E-state index >= 15 is 0 Å². The first-order valence-electron chi connectivity index (χ1n) is 9.17. The summed E-state index contributed by atoms with van der Waals surface area (Å²) in [6, 6.07) is 5.93. The van der Waals surface area contributed by atoms with Crippen molar-refractivity contribution < 1.29 is 9.47 Å². The SMILES string of the molecule is COc1cc(-c2cn(C)c(=O)c3[nH]ccc23)c2c(c1)N(C)CC(C(C)C)O2. The van der Waals surface area contributed by atoms with E-state index in [0.29, 0.717) is 11.4 Å². The van der Waals surface area contributed by atoms with Crippen molar-refractivity contribution in [2.75, 3.05) is 25.6 Å². The van der Waals surface area contributed by atoms with Crippen LogP contribution in [0.3, 0.4) is 0 Å². The standard InChI is InChI=1S/C21H25N3O3/c1-12(2)18-11-23(3)17-9-13(26-5)8-15(20(17)27-18)16-10-24(4)21(25)19-14(16)6-7-22-19/h6-10,12,18,22H,11H2,1-5H3. The van der Waals surface area contributed by atoms with Gasteiger partial charge in [0.2, 0.25) is 0 Å². The first-order valence-corrected chi connectivity index (χ1v) is 9.17. The van der Waals surface area contributed by atoms with Crippen LogP contribution in [0.25, 0.3) is 22.0 Å². The van der Waals surface area contributed by atoms with Crippen LogP contribution in [0.15, 0.2) is 35.4 Å². The molecule has 6 heteroatoms. The molecule has 3 aromatic rings. The van der Waals surface area contributed by atoms with Gasteiger partial charge in [-0.05, 0) is 18.1 Å². The summed E-state index contributed by atoms with van der Waals surface area (Å²) in [5.41, 5.74) is 3.42. The Morgan fingerprint density at radius 1 is 1.26 bits per heavy atom. The molecule has 1 aliphatic rings. The molecule has 4 rings (SSSR count). The Labute approximate surface area is 158 Å². The maximum atomic E-state index is 12.4. The van der Waals surface area contributed by atoms with Crippen molar-refractivity contribution in [3.63, 3.8) is 0 Å². The molecular weight excluding hydrogens is 342 g/mol.